The molecule has 0 fully saturated rings. The average molecular weight is 343 g/mol. The van der Waals surface area contributed by atoms with E-state index in [1.165, 1.54) is 0 Å². The maximum Gasteiger partial charge on any atom is 0.248 e. The van der Waals surface area contributed by atoms with Gasteiger partial charge in [0, 0.05) is 42.9 Å². The monoisotopic (exact) mass is 343 g/mol. The van der Waals surface area contributed by atoms with E-state index in [9.17, 15) is 4.79 Å². The first-order chi connectivity index (χ1) is 11.7. The van der Waals surface area contributed by atoms with Gasteiger partial charge in [-0.15, -0.1) is 10.2 Å². The van der Waals surface area contributed by atoms with Gasteiger partial charge in [-0.05, 0) is 17.4 Å². The molecule has 0 N–H and O–H groups in total. The normalized spacial score (nSPS) is 17.0. The lowest BCUT2D eigenvalue weighted by molar-refractivity contribution is -0.119. The van der Waals surface area contributed by atoms with Gasteiger partial charge in [-0.2, -0.15) is 16.4 Å². The number of aryl methyl sites for hydroxylation is 1. The van der Waals surface area contributed by atoms with Gasteiger partial charge >= 0.3 is 0 Å². The van der Waals surface area contributed by atoms with E-state index in [1.807, 2.05) is 27.6 Å². The molecular formula is C16H17N5O2S. The Kier molecular flexibility index (Phi) is 3.89. The maximum atomic E-state index is 12.6. The van der Waals surface area contributed by atoms with Gasteiger partial charge in [-0.25, -0.2) is 4.68 Å². The van der Waals surface area contributed by atoms with Gasteiger partial charge in [0.15, 0.2) is 0 Å². The van der Waals surface area contributed by atoms with Gasteiger partial charge in [0.05, 0.1) is 6.20 Å². The molecule has 0 radical (unpaired) electrons. The molecule has 3 aromatic rings. The van der Waals surface area contributed by atoms with Gasteiger partial charge < -0.3 is 4.42 Å². The Labute approximate surface area is 142 Å². The number of thiophene rings is 1. The topological polar surface area (TPSA) is 77.1 Å². The molecule has 1 aliphatic rings. The van der Waals surface area contributed by atoms with Crippen molar-refractivity contribution in [3.63, 3.8) is 0 Å². The highest BCUT2D eigenvalue weighted by atomic mass is 32.1. The molecular weight excluding hydrogens is 326 g/mol. The molecule has 0 bridgehead atoms. The van der Waals surface area contributed by atoms with Crippen LogP contribution in [0.5, 0.6) is 0 Å². The van der Waals surface area contributed by atoms with Gasteiger partial charge in [-0.3, -0.25) is 9.69 Å². The third-order valence-electron chi connectivity index (χ3n) is 4.04. The number of carbonyl (C=O) groups is 1. The molecule has 24 heavy (non-hydrogen) atoms. The number of fused-ring (bicyclic) bond motifs is 1. The standard InChI is InChI=1S/C16H17N5O2S/c1-11-8-20(14-4-6-17-21(14)9-11)15(22)3-2-13-18-19-16(23-13)12-5-7-24-10-12/h4-7,10-11H,2-3,8-9H2,1H3. The van der Waals surface area contributed by atoms with E-state index in [1.54, 1.807) is 22.4 Å². The summed E-state index contributed by atoms with van der Waals surface area (Å²) in [5.74, 6) is 2.29. The number of hydrogen-bond donors (Lipinski definition) is 0. The lowest BCUT2D eigenvalue weighted by Gasteiger charge is -2.31. The molecule has 0 saturated heterocycles. The number of carbonyl (C=O) groups excluding carboxylic acids is 1. The number of aromatic nitrogens is 4. The SMILES string of the molecule is CC1CN(C(=O)CCc2nnc(-c3ccsc3)o2)c2ccnn2C1. The Morgan fingerprint density at radius 1 is 1.38 bits per heavy atom. The van der Waals surface area contributed by atoms with Crippen molar-refractivity contribution in [2.45, 2.75) is 26.3 Å². The summed E-state index contributed by atoms with van der Waals surface area (Å²) in [4.78, 5) is 14.4. The average Bonchev–Trinajstić information content (AvgIpc) is 3.30. The Morgan fingerprint density at radius 2 is 2.29 bits per heavy atom. The third kappa shape index (κ3) is 2.84. The van der Waals surface area contributed by atoms with Crippen LogP contribution in [0.25, 0.3) is 11.5 Å². The molecule has 1 atom stereocenters. The highest BCUT2D eigenvalue weighted by molar-refractivity contribution is 7.08. The number of amides is 1. The van der Waals surface area contributed by atoms with Crippen molar-refractivity contribution >= 4 is 23.1 Å². The van der Waals surface area contributed by atoms with E-state index in [2.05, 4.69) is 22.2 Å². The molecule has 0 saturated carbocycles. The predicted octanol–water partition coefficient (Wildman–Crippen LogP) is 2.61. The number of anilines is 1. The quantitative estimate of drug-likeness (QED) is 0.728. The summed E-state index contributed by atoms with van der Waals surface area (Å²) in [5.41, 5.74) is 0.916. The fourth-order valence-electron chi connectivity index (χ4n) is 2.89. The molecule has 1 amide bonds. The summed E-state index contributed by atoms with van der Waals surface area (Å²) in [6, 6.07) is 3.81. The van der Waals surface area contributed by atoms with Crippen LogP contribution in [0.3, 0.4) is 0 Å². The minimum atomic E-state index is 0.0542. The second-order valence-corrected chi connectivity index (χ2v) is 6.77. The highest BCUT2D eigenvalue weighted by Gasteiger charge is 2.27. The van der Waals surface area contributed by atoms with E-state index >= 15 is 0 Å². The first-order valence-electron chi connectivity index (χ1n) is 7.88. The van der Waals surface area contributed by atoms with E-state index in [4.69, 9.17) is 4.42 Å². The van der Waals surface area contributed by atoms with E-state index < -0.39 is 0 Å². The van der Waals surface area contributed by atoms with Crippen molar-refractivity contribution in [2.24, 2.45) is 5.92 Å². The fraction of sp³-hybridized carbons (Fsp3) is 0.375. The van der Waals surface area contributed by atoms with Crippen molar-refractivity contribution in [1.29, 1.82) is 0 Å². The molecule has 3 aromatic heterocycles. The third-order valence-corrected chi connectivity index (χ3v) is 4.72. The molecule has 4 rings (SSSR count). The van der Waals surface area contributed by atoms with Crippen LogP contribution in [0, 0.1) is 5.92 Å². The van der Waals surface area contributed by atoms with Gasteiger partial charge in [0.1, 0.15) is 5.82 Å². The summed E-state index contributed by atoms with van der Waals surface area (Å²) in [6.45, 7) is 3.68. The first-order valence-corrected chi connectivity index (χ1v) is 8.82. The Bertz CT molecular complexity index is 838. The molecule has 4 heterocycles. The van der Waals surface area contributed by atoms with Crippen LogP contribution in [0.1, 0.15) is 19.2 Å². The predicted molar refractivity (Wildman–Crippen MR) is 89.7 cm³/mol. The van der Waals surface area contributed by atoms with Crippen molar-refractivity contribution < 1.29 is 9.21 Å². The Hall–Kier alpha value is -2.48. The van der Waals surface area contributed by atoms with Crippen LogP contribution < -0.4 is 4.90 Å². The largest absolute Gasteiger partial charge is 0.421 e. The van der Waals surface area contributed by atoms with Crippen LogP contribution in [0.2, 0.25) is 0 Å². The summed E-state index contributed by atoms with van der Waals surface area (Å²) < 4.78 is 7.52. The fourth-order valence-corrected chi connectivity index (χ4v) is 3.52. The van der Waals surface area contributed by atoms with Crippen molar-refractivity contribution in [1.82, 2.24) is 20.0 Å². The van der Waals surface area contributed by atoms with Crippen molar-refractivity contribution in [2.75, 3.05) is 11.4 Å². The number of hydrogen-bond acceptors (Lipinski definition) is 6. The lowest BCUT2D eigenvalue weighted by atomic mass is 10.1. The van der Waals surface area contributed by atoms with Gasteiger partial charge in [0.25, 0.3) is 0 Å². The second-order valence-electron chi connectivity index (χ2n) is 5.99. The molecule has 8 heteroatoms. The molecule has 1 unspecified atom stereocenters. The smallest absolute Gasteiger partial charge is 0.248 e. The van der Waals surface area contributed by atoms with Crippen LogP contribution in [0.4, 0.5) is 5.82 Å². The van der Waals surface area contributed by atoms with Crippen molar-refractivity contribution in [3.05, 3.63) is 35.0 Å². The lowest BCUT2D eigenvalue weighted by Crippen LogP contribution is -2.41. The van der Waals surface area contributed by atoms with E-state index in [-0.39, 0.29) is 5.91 Å². The zero-order valence-corrected chi connectivity index (χ0v) is 14.1. The number of nitrogens with zero attached hydrogens (tertiary/aromatic N) is 5. The summed E-state index contributed by atoms with van der Waals surface area (Å²) in [5, 5.41) is 16.3. The maximum absolute atomic E-state index is 12.6. The van der Waals surface area contributed by atoms with E-state index in [0.717, 1.165) is 17.9 Å². The Morgan fingerprint density at radius 3 is 3.12 bits per heavy atom. The summed E-state index contributed by atoms with van der Waals surface area (Å²) in [7, 11) is 0. The van der Waals surface area contributed by atoms with Gasteiger partial charge in [-0.1, -0.05) is 6.92 Å². The van der Waals surface area contributed by atoms with Crippen molar-refractivity contribution in [3.8, 4) is 11.5 Å². The summed E-state index contributed by atoms with van der Waals surface area (Å²) >= 11 is 1.58. The molecule has 0 spiro atoms. The van der Waals surface area contributed by atoms with E-state index in [0.29, 0.717) is 37.1 Å². The van der Waals surface area contributed by atoms with Crippen LogP contribution in [0.15, 0.2) is 33.5 Å². The van der Waals surface area contributed by atoms with Crippen LogP contribution in [-0.2, 0) is 17.8 Å². The molecule has 124 valence electrons. The zero-order valence-electron chi connectivity index (χ0n) is 13.3. The highest BCUT2D eigenvalue weighted by Crippen LogP contribution is 2.24. The Balaban J connectivity index is 1.42. The molecule has 1 aliphatic heterocycles. The minimum Gasteiger partial charge on any atom is -0.421 e. The molecule has 7 nitrogen and oxygen atoms in total. The molecule has 0 aliphatic carbocycles. The first kappa shape index (κ1) is 15.1. The second kappa shape index (κ2) is 6.20. The summed E-state index contributed by atoms with van der Waals surface area (Å²) in [6.07, 6.45) is 2.51. The zero-order chi connectivity index (χ0) is 16.5. The number of rotatable bonds is 4. The van der Waals surface area contributed by atoms with Crippen LogP contribution >= 0.6 is 11.3 Å². The molecule has 0 aromatic carbocycles. The van der Waals surface area contributed by atoms with Crippen LogP contribution in [-0.4, -0.2) is 32.4 Å². The van der Waals surface area contributed by atoms with Gasteiger partial charge in [0.2, 0.25) is 17.7 Å². The minimum absolute atomic E-state index is 0.0542.